The van der Waals surface area contributed by atoms with Crippen molar-refractivity contribution in [2.45, 2.75) is 473 Å². The second-order valence-corrected chi connectivity index (χ2v) is 34.8. The second-order valence-electron chi connectivity index (χ2n) is 34.8. The summed E-state index contributed by atoms with van der Waals surface area (Å²) in [5, 5.41) is 241. The Morgan fingerprint density at radius 3 is 1.10 bits per heavy atom. The van der Waals surface area contributed by atoms with Crippen molar-refractivity contribution in [3.63, 3.8) is 0 Å². The van der Waals surface area contributed by atoms with Crippen molar-refractivity contribution in [3.05, 3.63) is 12.2 Å². The normalized spacial score (nSPS) is 38.4. The molecule has 7 aliphatic heterocycles. The summed E-state index contributed by atoms with van der Waals surface area (Å²) in [4.78, 5) is 27.0. The van der Waals surface area contributed by atoms with Crippen molar-refractivity contribution < 1.29 is 183 Å². The molecule has 0 aromatic heterocycles. The summed E-state index contributed by atoms with van der Waals surface area (Å²) < 4.78 is 83.6. The molecule has 14 unspecified atom stereocenters. The highest BCUT2D eigenvalue weighted by molar-refractivity contribution is 5.76. The predicted molar refractivity (Wildman–Crippen MR) is 441 cm³/mol. The lowest BCUT2D eigenvalue weighted by Crippen LogP contribution is -2.71. The number of rotatable bonds is 59. The van der Waals surface area contributed by atoms with E-state index in [1.807, 2.05) is 6.08 Å². The van der Waals surface area contributed by atoms with E-state index in [0.717, 1.165) is 58.3 Å². The predicted octanol–water partition coefficient (Wildman–Crippen LogP) is -1.38. The first-order valence-electron chi connectivity index (χ1n) is 46.4. The van der Waals surface area contributed by atoms with E-state index in [9.17, 15) is 117 Å². The van der Waals surface area contributed by atoms with Crippen molar-refractivity contribution in [2.24, 2.45) is 0 Å². The van der Waals surface area contributed by atoms with E-state index in [1.54, 1.807) is 6.08 Å². The van der Waals surface area contributed by atoms with Gasteiger partial charge in [0.1, 0.15) is 165 Å². The number of nitrogens with one attached hydrogen (secondary N) is 2. The number of hydrogen-bond donors (Lipinski definition) is 23. The highest BCUT2D eigenvalue weighted by atomic mass is 16.8. The van der Waals surface area contributed by atoms with Crippen LogP contribution in [0.4, 0.5) is 0 Å². The average molecular weight is 1810 g/mol. The first-order valence-corrected chi connectivity index (χ1v) is 46.4. The molecule has 125 heavy (non-hydrogen) atoms. The number of carbonyl (C=O) groups excluding carboxylic acids is 2. The lowest BCUT2D eigenvalue weighted by Gasteiger charge is -2.51. The Balaban J connectivity index is 0.998. The minimum absolute atomic E-state index is 0.161. The second kappa shape index (κ2) is 58.4. The van der Waals surface area contributed by atoms with Gasteiger partial charge >= 0.3 is 0 Å². The summed E-state index contributed by atoms with van der Waals surface area (Å²) in [6.07, 6.45) is -26.9. The molecule has 39 nitrogen and oxygen atoms in total. The third-order valence-electron chi connectivity index (χ3n) is 24.9. The van der Waals surface area contributed by atoms with Crippen LogP contribution >= 0.6 is 0 Å². The molecule has 0 spiro atoms. The van der Waals surface area contributed by atoms with Gasteiger partial charge in [0.05, 0.1) is 64.5 Å². The number of allylic oxidation sites excluding steroid dienone is 1. The molecule has 0 bridgehead atoms. The monoisotopic (exact) mass is 1810 g/mol. The summed E-state index contributed by atoms with van der Waals surface area (Å²) >= 11 is 0. The van der Waals surface area contributed by atoms with Gasteiger partial charge in [-0.15, -0.1) is 0 Å². The molecule has 7 heterocycles. The van der Waals surface area contributed by atoms with Gasteiger partial charge in [-0.2, -0.15) is 0 Å². The molecule has 7 aliphatic rings. The van der Waals surface area contributed by atoms with E-state index < -0.39 is 279 Å². The van der Waals surface area contributed by atoms with Crippen LogP contribution in [0, 0.1) is 0 Å². The Kier molecular flexibility index (Phi) is 51.1. The molecule has 23 N–H and O–H groups in total. The standard InChI is InChI=1S/C86H156N2O37/c1-5-7-9-11-13-15-17-19-20-21-22-23-24-25-26-28-30-32-34-36-38-40-58(97)88-50(51(96)39-37-35-33-31-29-27-18-16-14-12-10-8-6-2)47-112-81-71(109)68(106)74(57(46-94)119-81)120-84-73(111)77(64(102)55(44-92)116-84)123-85-72(110)76(63(101)54(43-91)117-85)122-80-59(87-49(4)95)75(62(100)53(42-90)114-80)121-86-79(125-82-69(107)66(104)60(98)48(3)113-82)78(65(103)56(45-93)118-86)124-83-70(108)67(105)61(99)52(41-89)115-83/h37,39,48,50-57,59-86,89-94,96,98-111H,5-36,38,40-47H2,1-4H3,(H,87,95)(H,88,97)/b39-37+/t48?,50-,51+,52?,53?,54?,55?,56?,57?,59?,60+,61-,62-,63-,64-,65-,66?,67-,68+,69-,70?,71?,72?,73?,74+,75+,76-,77-,78-,79?,80-,81+,82+,83+,84-,85+,86-/m0/s1. The van der Waals surface area contributed by atoms with E-state index in [2.05, 4.69) is 24.5 Å². The van der Waals surface area contributed by atoms with Gasteiger partial charge in [0, 0.05) is 13.3 Å². The summed E-state index contributed by atoms with van der Waals surface area (Å²) in [7, 11) is 0. The van der Waals surface area contributed by atoms with Crippen LogP contribution in [0.15, 0.2) is 12.2 Å². The van der Waals surface area contributed by atoms with Gasteiger partial charge in [0.25, 0.3) is 0 Å². The van der Waals surface area contributed by atoms with Crippen LogP contribution in [-0.4, -0.2) is 392 Å². The third kappa shape index (κ3) is 33.1. The number of ether oxygens (including phenoxy) is 14. The van der Waals surface area contributed by atoms with Crippen LogP contribution < -0.4 is 10.6 Å². The van der Waals surface area contributed by atoms with E-state index in [4.69, 9.17) is 66.3 Å². The van der Waals surface area contributed by atoms with Crippen molar-refractivity contribution >= 4 is 11.8 Å². The Morgan fingerprint density at radius 1 is 0.328 bits per heavy atom. The van der Waals surface area contributed by atoms with Gasteiger partial charge in [-0.3, -0.25) is 9.59 Å². The zero-order valence-electron chi connectivity index (χ0n) is 73.4. The molecule has 7 fully saturated rings. The van der Waals surface area contributed by atoms with Crippen molar-refractivity contribution in [1.29, 1.82) is 0 Å². The fourth-order valence-electron chi connectivity index (χ4n) is 17.1. The van der Waals surface area contributed by atoms with Crippen LogP contribution in [-0.2, 0) is 75.9 Å². The van der Waals surface area contributed by atoms with Gasteiger partial charge < -0.3 is 184 Å². The highest BCUT2D eigenvalue weighted by Crippen LogP contribution is 2.40. The molecule has 0 radical (unpaired) electrons. The van der Waals surface area contributed by atoms with Crippen LogP contribution in [0.25, 0.3) is 0 Å². The van der Waals surface area contributed by atoms with Gasteiger partial charge in [-0.25, -0.2) is 0 Å². The quantitative estimate of drug-likeness (QED) is 0.0247. The number of carbonyl (C=O) groups is 2. The summed E-state index contributed by atoms with van der Waals surface area (Å²) in [6, 6.07) is -3.05. The number of unbranched alkanes of at least 4 members (excludes halogenated alkanes) is 31. The van der Waals surface area contributed by atoms with E-state index >= 15 is 0 Å². The van der Waals surface area contributed by atoms with Gasteiger partial charge in [-0.1, -0.05) is 219 Å². The lowest BCUT2D eigenvalue weighted by atomic mass is 9.93. The maximum Gasteiger partial charge on any atom is 0.220 e. The molecule has 732 valence electrons. The van der Waals surface area contributed by atoms with Crippen molar-refractivity contribution in [3.8, 4) is 0 Å². The zero-order valence-corrected chi connectivity index (χ0v) is 73.4. The lowest BCUT2D eigenvalue weighted by molar-refractivity contribution is -0.405. The topological polar surface area (TPSA) is 612 Å². The van der Waals surface area contributed by atoms with E-state index in [0.29, 0.717) is 12.8 Å². The molecule has 0 aliphatic carbocycles. The highest BCUT2D eigenvalue weighted by Gasteiger charge is 2.60. The molecule has 0 saturated carbocycles. The SMILES string of the molecule is CCCCCCCCCCCCC/C=C/[C@@H](O)[C@H](CO[C@@H]1OC(CO)[C@@H](O[C@@H]2OC(CO)[C@H](O)[C@H](O[C@H]3OC(CO)[C@H](O)[C@H](O[C@@H]4OC(CO)[C@H](O)[C@H](O[C@@H]5OC(CO)[C@H](O)[C@H](O[C@H]6OC(CO)[C@H](O)[C@H](O)C6O)C5O[C@H]5OC(C)[C@@H](O)C(O)[C@@H]5O)C4NC(C)=O)C3O)C2O)[C@H](O)C1O)NC(=O)CCCCCCCCCCCCCCCCCCCCCCC. The Labute approximate surface area is 734 Å². The van der Waals surface area contributed by atoms with Crippen LogP contribution in [0.5, 0.6) is 0 Å². The molecular weight excluding hydrogens is 1650 g/mol. The molecular formula is C86H156N2O37. The van der Waals surface area contributed by atoms with E-state index in [1.165, 1.54) is 155 Å². The molecule has 37 atom stereocenters. The Morgan fingerprint density at radius 2 is 0.656 bits per heavy atom. The summed E-state index contributed by atoms with van der Waals surface area (Å²) in [5.74, 6) is -1.30. The maximum absolute atomic E-state index is 13.6. The number of amides is 2. The zero-order chi connectivity index (χ0) is 91.2. The summed E-state index contributed by atoms with van der Waals surface area (Å²) in [6.45, 7) is -0.0889. The van der Waals surface area contributed by atoms with Crippen LogP contribution in [0.3, 0.4) is 0 Å². The molecule has 7 rings (SSSR count). The molecule has 2 amide bonds. The third-order valence-corrected chi connectivity index (χ3v) is 24.9. The van der Waals surface area contributed by atoms with Crippen molar-refractivity contribution in [2.75, 3.05) is 46.2 Å². The smallest absolute Gasteiger partial charge is 0.220 e. The number of hydrogen-bond acceptors (Lipinski definition) is 37. The molecule has 0 aromatic rings. The first kappa shape index (κ1) is 109. The Hall–Kier alpha value is -2.72. The van der Waals surface area contributed by atoms with Gasteiger partial charge in [0.15, 0.2) is 44.0 Å². The van der Waals surface area contributed by atoms with Crippen LogP contribution in [0.1, 0.15) is 246 Å². The molecule has 7 saturated heterocycles. The maximum atomic E-state index is 13.6. The van der Waals surface area contributed by atoms with Crippen molar-refractivity contribution in [1.82, 2.24) is 10.6 Å². The summed E-state index contributed by atoms with van der Waals surface area (Å²) in [5.41, 5.74) is 0. The van der Waals surface area contributed by atoms with E-state index in [-0.39, 0.29) is 12.3 Å². The van der Waals surface area contributed by atoms with Gasteiger partial charge in [0.2, 0.25) is 11.8 Å². The largest absolute Gasteiger partial charge is 0.394 e. The fraction of sp³-hybridized carbons (Fsp3) is 0.953. The number of aliphatic hydroxyl groups excluding tert-OH is 21. The fourth-order valence-corrected chi connectivity index (χ4v) is 17.1. The molecule has 39 heteroatoms. The van der Waals surface area contributed by atoms with Gasteiger partial charge in [-0.05, 0) is 26.2 Å². The minimum atomic E-state index is -2.37. The minimum Gasteiger partial charge on any atom is -0.394 e. The average Bonchev–Trinajstić information content (AvgIpc) is 0.764. The Bertz CT molecular complexity index is 2890. The van der Waals surface area contributed by atoms with Crippen LogP contribution in [0.2, 0.25) is 0 Å². The molecule has 0 aromatic carbocycles. The number of aliphatic hydroxyl groups is 21. The first-order chi connectivity index (χ1) is 60.1.